The monoisotopic (exact) mass is 546 g/mol. The second-order valence-electron chi connectivity index (χ2n) is 8.28. The van der Waals surface area contributed by atoms with Crippen LogP contribution in [0.15, 0.2) is 53.3 Å². The van der Waals surface area contributed by atoms with Gasteiger partial charge < -0.3 is 14.6 Å². The SMILES string of the molecule is COc1ccc(-c2nc3ncc(Br)c(N4CCN(Cc5ccc(C(F)(F)F)nc5)CC4)c3[nH]2)cc1. The van der Waals surface area contributed by atoms with Gasteiger partial charge in [-0.15, -0.1) is 0 Å². The number of hydrogen-bond acceptors (Lipinski definition) is 6. The minimum Gasteiger partial charge on any atom is -0.497 e. The van der Waals surface area contributed by atoms with Crippen LogP contribution in [-0.2, 0) is 12.7 Å². The molecule has 0 amide bonds. The minimum atomic E-state index is -4.42. The zero-order chi connectivity index (χ0) is 24.6. The number of imidazole rings is 1. The van der Waals surface area contributed by atoms with E-state index in [1.54, 1.807) is 13.3 Å². The van der Waals surface area contributed by atoms with Crippen LogP contribution in [0.4, 0.5) is 18.9 Å². The third-order valence-corrected chi connectivity index (χ3v) is 6.60. The van der Waals surface area contributed by atoms with E-state index >= 15 is 0 Å². The second kappa shape index (κ2) is 9.46. The number of aromatic amines is 1. The number of H-pyrrole nitrogens is 1. The van der Waals surface area contributed by atoms with E-state index in [0.717, 1.165) is 70.6 Å². The Hall–Kier alpha value is -3.18. The fourth-order valence-corrected chi connectivity index (χ4v) is 4.74. The maximum Gasteiger partial charge on any atom is 0.433 e. The lowest BCUT2D eigenvalue weighted by Gasteiger charge is -2.36. The first-order valence-corrected chi connectivity index (χ1v) is 11.8. The number of nitrogens with zero attached hydrogens (tertiary/aromatic N) is 5. The zero-order valence-corrected chi connectivity index (χ0v) is 20.4. The molecule has 0 aliphatic carbocycles. The molecule has 1 N–H and O–H groups in total. The zero-order valence-electron chi connectivity index (χ0n) is 18.8. The normalized spacial score (nSPS) is 15.1. The highest BCUT2D eigenvalue weighted by molar-refractivity contribution is 9.10. The van der Waals surface area contributed by atoms with Crippen molar-refractivity contribution >= 4 is 32.8 Å². The standard InChI is InChI=1S/C24H22BrF3N6O/c1-35-17-5-3-16(4-6-17)22-31-20-21(18(25)13-30-23(20)32-22)34-10-8-33(9-11-34)14-15-2-7-19(29-12-15)24(26,27)28/h2-7,12-13H,8-11,14H2,1H3,(H,30,31,32). The quantitative estimate of drug-likeness (QED) is 0.374. The van der Waals surface area contributed by atoms with Crippen molar-refractivity contribution in [2.45, 2.75) is 12.7 Å². The van der Waals surface area contributed by atoms with Crippen LogP contribution in [0, 0.1) is 0 Å². The van der Waals surface area contributed by atoms with Crippen molar-refractivity contribution in [2.75, 3.05) is 38.2 Å². The summed E-state index contributed by atoms with van der Waals surface area (Å²) in [4.78, 5) is 20.6. The smallest absolute Gasteiger partial charge is 0.433 e. The number of benzene rings is 1. The molecule has 4 aromatic rings. The minimum absolute atomic E-state index is 0.553. The molecule has 0 unspecified atom stereocenters. The van der Waals surface area contributed by atoms with E-state index in [1.807, 2.05) is 24.3 Å². The molecule has 0 saturated carbocycles. The third-order valence-electron chi connectivity index (χ3n) is 6.02. The van der Waals surface area contributed by atoms with Crippen molar-refractivity contribution in [3.05, 3.63) is 64.5 Å². The Bertz CT molecular complexity index is 1320. The summed E-state index contributed by atoms with van der Waals surface area (Å²) >= 11 is 3.65. The van der Waals surface area contributed by atoms with Gasteiger partial charge in [0.1, 0.15) is 22.8 Å². The molecule has 7 nitrogen and oxygen atoms in total. The number of rotatable bonds is 5. The molecule has 182 valence electrons. The van der Waals surface area contributed by atoms with E-state index in [2.05, 4.69) is 45.7 Å². The summed E-state index contributed by atoms with van der Waals surface area (Å²) in [6.45, 7) is 3.58. The molecule has 0 atom stereocenters. The van der Waals surface area contributed by atoms with E-state index in [1.165, 1.54) is 12.3 Å². The number of anilines is 1. The molecule has 4 heterocycles. The number of methoxy groups -OCH3 is 1. The third kappa shape index (κ3) is 4.96. The number of hydrogen-bond donors (Lipinski definition) is 1. The van der Waals surface area contributed by atoms with Crippen LogP contribution in [0.25, 0.3) is 22.6 Å². The van der Waals surface area contributed by atoms with Gasteiger partial charge in [-0.3, -0.25) is 9.88 Å². The molecule has 1 saturated heterocycles. The van der Waals surface area contributed by atoms with Crippen molar-refractivity contribution in [3.8, 4) is 17.1 Å². The van der Waals surface area contributed by atoms with E-state index in [4.69, 9.17) is 4.74 Å². The van der Waals surface area contributed by atoms with Gasteiger partial charge in [0.2, 0.25) is 0 Å². The van der Waals surface area contributed by atoms with Gasteiger partial charge in [-0.2, -0.15) is 13.2 Å². The first-order valence-electron chi connectivity index (χ1n) is 11.0. The second-order valence-corrected chi connectivity index (χ2v) is 9.13. The highest BCUT2D eigenvalue weighted by atomic mass is 79.9. The Morgan fingerprint density at radius 1 is 1.00 bits per heavy atom. The number of fused-ring (bicyclic) bond motifs is 1. The Kier molecular flexibility index (Phi) is 6.37. The van der Waals surface area contributed by atoms with Crippen molar-refractivity contribution in [1.29, 1.82) is 0 Å². The fourth-order valence-electron chi connectivity index (χ4n) is 4.19. The van der Waals surface area contributed by atoms with Gasteiger partial charge in [0.05, 0.1) is 17.3 Å². The highest BCUT2D eigenvalue weighted by Crippen LogP contribution is 2.35. The number of piperazine rings is 1. The molecule has 0 spiro atoms. The number of halogens is 4. The van der Waals surface area contributed by atoms with E-state index in [9.17, 15) is 13.2 Å². The summed E-state index contributed by atoms with van der Waals surface area (Å²) < 4.78 is 44.4. The topological polar surface area (TPSA) is 70.2 Å². The van der Waals surface area contributed by atoms with Crippen LogP contribution in [0.2, 0.25) is 0 Å². The highest BCUT2D eigenvalue weighted by Gasteiger charge is 2.32. The van der Waals surface area contributed by atoms with Gasteiger partial charge in [-0.05, 0) is 51.8 Å². The van der Waals surface area contributed by atoms with Crippen molar-refractivity contribution < 1.29 is 17.9 Å². The molecule has 3 aromatic heterocycles. The summed E-state index contributed by atoms with van der Waals surface area (Å²) in [5.41, 5.74) is 3.31. The van der Waals surface area contributed by atoms with Gasteiger partial charge in [0, 0.05) is 50.7 Å². The Balaban J connectivity index is 1.31. The number of ether oxygens (including phenoxy) is 1. The Labute approximate surface area is 208 Å². The van der Waals surface area contributed by atoms with E-state index in [-0.39, 0.29) is 0 Å². The maximum atomic E-state index is 12.8. The lowest BCUT2D eigenvalue weighted by Crippen LogP contribution is -2.46. The molecule has 0 bridgehead atoms. The summed E-state index contributed by atoms with van der Waals surface area (Å²) in [7, 11) is 1.63. The molecule has 1 aliphatic rings. The van der Waals surface area contributed by atoms with E-state index < -0.39 is 11.9 Å². The van der Waals surface area contributed by atoms with Crippen LogP contribution >= 0.6 is 15.9 Å². The molecule has 35 heavy (non-hydrogen) atoms. The van der Waals surface area contributed by atoms with Gasteiger partial charge in [-0.25, -0.2) is 9.97 Å². The molecular formula is C24H22BrF3N6O. The molecule has 5 rings (SSSR count). The molecule has 11 heteroatoms. The molecule has 1 aliphatic heterocycles. The fraction of sp³-hybridized carbons (Fsp3) is 0.292. The summed E-state index contributed by atoms with van der Waals surface area (Å²) in [5.74, 6) is 1.50. The largest absolute Gasteiger partial charge is 0.497 e. The molecule has 1 aromatic carbocycles. The molecule has 1 fully saturated rings. The van der Waals surface area contributed by atoms with Gasteiger partial charge in [0.25, 0.3) is 0 Å². The number of nitrogens with one attached hydrogen (secondary N) is 1. The summed E-state index contributed by atoms with van der Waals surface area (Å²) in [6.07, 6.45) is -1.35. The first kappa shape index (κ1) is 23.6. The van der Waals surface area contributed by atoms with Crippen LogP contribution in [-0.4, -0.2) is 58.1 Å². The predicted molar refractivity (Wildman–Crippen MR) is 130 cm³/mol. The summed E-state index contributed by atoms with van der Waals surface area (Å²) in [6, 6.07) is 10.2. The lowest BCUT2D eigenvalue weighted by atomic mass is 10.2. The number of alkyl halides is 3. The average molecular weight is 547 g/mol. The van der Waals surface area contributed by atoms with Crippen molar-refractivity contribution in [1.82, 2.24) is 24.8 Å². The number of aromatic nitrogens is 4. The Morgan fingerprint density at radius 3 is 2.37 bits per heavy atom. The van der Waals surface area contributed by atoms with Crippen LogP contribution in [0.1, 0.15) is 11.3 Å². The lowest BCUT2D eigenvalue weighted by molar-refractivity contribution is -0.141. The molecule has 0 radical (unpaired) electrons. The summed E-state index contributed by atoms with van der Waals surface area (Å²) in [5, 5.41) is 0. The number of pyridine rings is 2. The molecular weight excluding hydrogens is 525 g/mol. The first-order chi connectivity index (χ1) is 16.8. The average Bonchev–Trinajstić information content (AvgIpc) is 3.29. The van der Waals surface area contributed by atoms with Gasteiger partial charge in [0.15, 0.2) is 5.65 Å². The van der Waals surface area contributed by atoms with Crippen molar-refractivity contribution in [2.24, 2.45) is 0 Å². The predicted octanol–water partition coefficient (Wildman–Crippen LogP) is 5.13. The maximum absolute atomic E-state index is 12.8. The van der Waals surface area contributed by atoms with E-state index in [0.29, 0.717) is 12.2 Å². The van der Waals surface area contributed by atoms with Crippen LogP contribution in [0.3, 0.4) is 0 Å². The van der Waals surface area contributed by atoms with Crippen molar-refractivity contribution in [3.63, 3.8) is 0 Å². The van der Waals surface area contributed by atoms with Gasteiger partial charge >= 0.3 is 6.18 Å². The van der Waals surface area contributed by atoms with Crippen LogP contribution < -0.4 is 9.64 Å². The Morgan fingerprint density at radius 2 is 1.74 bits per heavy atom. The van der Waals surface area contributed by atoms with Gasteiger partial charge in [-0.1, -0.05) is 6.07 Å². The van der Waals surface area contributed by atoms with Crippen LogP contribution in [0.5, 0.6) is 5.75 Å².